The molecule has 39 heavy (non-hydrogen) atoms. The van der Waals surface area contributed by atoms with Gasteiger partial charge in [-0.25, -0.2) is 4.85 Å². The number of nitrogens with zero attached hydrogens (tertiary/aromatic N) is 1. The van der Waals surface area contributed by atoms with E-state index in [2.05, 4.69) is 32.5 Å². The Morgan fingerprint density at radius 1 is 1.00 bits per heavy atom. The average molecular weight is 534 g/mol. The number of carbonyl (C=O) groups is 4. The van der Waals surface area contributed by atoms with E-state index in [1.54, 1.807) is 13.0 Å². The van der Waals surface area contributed by atoms with Crippen LogP contribution in [0.5, 0.6) is 0 Å². The fraction of sp³-hybridized carbons (Fsp3) is 0.727. The number of carbonyl (C=O) groups excluding carboxylic acids is 4. The van der Waals surface area contributed by atoms with Crippen molar-refractivity contribution in [2.75, 3.05) is 7.11 Å². The van der Waals surface area contributed by atoms with Gasteiger partial charge in [0.2, 0.25) is 5.70 Å². The van der Waals surface area contributed by atoms with Crippen LogP contribution in [0.15, 0.2) is 23.4 Å². The molecule has 0 aromatic heterocycles. The highest BCUT2D eigenvalue weighted by molar-refractivity contribution is 6.15. The molecule has 5 aliphatic carbocycles. The van der Waals surface area contributed by atoms with E-state index in [0.717, 1.165) is 37.7 Å². The number of ketones is 3. The molecule has 3 saturated carbocycles. The number of esters is 1. The van der Waals surface area contributed by atoms with Gasteiger partial charge in [0.05, 0.1) is 24.5 Å². The molecule has 0 unspecified atom stereocenters. The number of hydrogen-bond acceptors (Lipinski definition) is 5. The van der Waals surface area contributed by atoms with Gasteiger partial charge in [-0.3, -0.25) is 14.4 Å². The maximum Gasteiger partial charge on any atom is 0.312 e. The van der Waals surface area contributed by atoms with Gasteiger partial charge < -0.3 is 9.53 Å². The molecule has 0 heterocycles. The van der Waals surface area contributed by atoms with Crippen LogP contribution in [0, 0.1) is 56.8 Å². The quantitative estimate of drug-likeness (QED) is 0.236. The number of allylic oxidation sites excluding steroid dienone is 4. The molecule has 0 spiro atoms. The molecule has 0 amide bonds. The molecule has 0 aliphatic heterocycles. The topological polar surface area (TPSA) is 81.9 Å². The SMILES string of the molecule is [C-]#[N+]C1=C[C@]2(C)C3=CC(=O)[C@@H]4[C@@H]5CC(C)(C)CC[C@]5(C(=O)OC)CC[C@@]4(C)[C@]3(C)CC[C@H]2[C@@](C)(C(C)=O)C1=O. The van der Waals surface area contributed by atoms with Crippen LogP contribution >= 0.6 is 0 Å². The Balaban J connectivity index is 1.72. The van der Waals surface area contributed by atoms with Crippen LogP contribution < -0.4 is 0 Å². The average Bonchev–Trinajstić information content (AvgIpc) is 2.86. The van der Waals surface area contributed by atoms with Crippen LogP contribution in [0.2, 0.25) is 0 Å². The minimum atomic E-state index is -1.30. The largest absolute Gasteiger partial charge is 0.469 e. The van der Waals surface area contributed by atoms with Crippen LogP contribution in [-0.2, 0) is 23.9 Å². The summed E-state index contributed by atoms with van der Waals surface area (Å²) in [6.07, 6.45) is 8.86. The van der Waals surface area contributed by atoms with Gasteiger partial charge in [-0.05, 0) is 93.0 Å². The summed E-state index contributed by atoms with van der Waals surface area (Å²) in [5.41, 5.74) is -2.53. The Hall–Kier alpha value is -2.55. The van der Waals surface area contributed by atoms with Crippen molar-refractivity contribution in [2.24, 2.45) is 50.2 Å². The first-order valence-electron chi connectivity index (χ1n) is 14.5. The molecule has 6 nitrogen and oxygen atoms in total. The number of methoxy groups -OCH3 is 1. The second-order valence-corrected chi connectivity index (χ2v) is 14.9. The highest BCUT2D eigenvalue weighted by atomic mass is 16.5. The molecule has 0 aromatic carbocycles. The van der Waals surface area contributed by atoms with E-state index >= 15 is 0 Å². The Morgan fingerprint density at radius 3 is 2.23 bits per heavy atom. The van der Waals surface area contributed by atoms with Crippen molar-refractivity contribution in [2.45, 2.75) is 93.4 Å². The normalized spacial score (nSPS) is 46.3. The second-order valence-electron chi connectivity index (χ2n) is 14.9. The Morgan fingerprint density at radius 2 is 1.64 bits per heavy atom. The molecule has 0 saturated heterocycles. The van der Waals surface area contributed by atoms with E-state index in [1.165, 1.54) is 14.0 Å². The Kier molecular flexibility index (Phi) is 5.92. The zero-order valence-electron chi connectivity index (χ0n) is 24.8. The van der Waals surface area contributed by atoms with Crippen molar-refractivity contribution in [1.29, 1.82) is 0 Å². The highest BCUT2D eigenvalue weighted by Gasteiger charge is 2.71. The standard InChI is InChI=1S/C33H43NO5/c1-19(35)32(7)23-10-11-30(5)24(29(23,4)18-21(34-8)26(32)37)16-22(36)25-20-17-28(2,3)12-14-33(20,27(38)39-9)15-13-31(25,30)6/h16,18,20,23,25H,10-15,17H2,1-7,9H3/t20-,23+,25-,29-,30+,31+,32+,33-/m0/s1. The number of rotatable bonds is 2. The first-order chi connectivity index (χ1) is 18.0. The van der Waals surface area contributed by atoms with E-state index in [4.69, 9.17) is 11.3 Å². The summed E-state index contributed by atoms with van der Waals surface area (Å²) in [6, 6.07) is 0. The van der Waals surface area contributed by atoms with E-state index in [1.807, 2.05) is 13.0 Å². The van der Waals surface area contributed by atoms with Gasteiger partial charge >= 0.3 is 5.97 Å². The molecule has 210 valence electrons. The minimum absolute atomic E-state index is 0.00120. The first-order valence-corrected chi connectivity index (χ1v) is 14.5. The summed E-state index contributed by atoms with van der Waals surface area (Å²) >= 11 is 0. The van der Waals surface area contributed by atoms with Crippen molar-refractivity contribution < 1.29 is 23.9 Å². The van der Waals surface area contributed by atoms with Crippen molar-refractivity contribution in [3.8, 4) is 0 Å². The lowest BCUT2D eigenvalue weighted by Crippen LogP contribution is -2.66. The van der Waals surface area contributed by atoms with Crippen molar-refractivity contribution in [3.05, 3.63) is 34.8 Å². The van der Waals surface area contributed by atoms with Gasteiger partial charge in [-0.15, -0.1) is 0 Å². The second kappa shape index (κ2) is 8.24. The monoisotopic (exact) mass is 533 g/mol. The van der Waals surface area contributed by atoms with Gasteiger partial charge in [0.25, 0.3) is 0 Å². The van der Waals surface area contributed by atoms with Gasteiger partial charge in [-0.1, -0.05) is 46.3 Å². The molecule has 0 radical (unpaired) electrons. The predicted octanol–water partition coefficient (Wildman–Crippen LogP) is 6.30. The number of ether oxygens (including phenoxy) is 1. The third kappa shape index (κ3) is 3.25. The van der Waals surface area contributed by atoms with Crippen LogP contribution in [0.4, 0.5) is 0 Å². The maximum absolute atomic E-state index is 14.4. The molecule has 5 aliphatic rings. The summed E-state index contributed by atoms with van der Waals surface area (Å²) in [4.78, 5) is 57.9. The number of Topliss-reactive ketones (excluding diaryl/α,β-unsaturated/α-hetero) is 2. The van der Waals surface area contributed by atoms with Crippen molar-refractivity contribution >= 4 is 23.3 Å². The number of fused-ring (bicyclic) bond motifs is 7. The molecule has 5 rings (SSSR count). The van der Waals surface area contributed by atoms with E-state index < -0.39 is 27.4 Å². The summed E-state index contributed by atoms with van der Waals surface area (Å²) < 4.78 is 5.40. The fourth-order valence-electron chi connectivity index (χ4n) is 10.3. The Bertz CT molecular complexity index is 1300. The van der Waals surface area contributed by atoms with Gasteiger partial charge in [0.1, 0.15) is 5.78 Å². The lowest BCUT2D eigenvalue weighted by Gasteiger charge is -2.68. The van der Waals surface area contributed by atoms with Crippen LogP contribution in [-0.4, -0.2) is 30.4 Å². The van der Waals surface area contributed by atoms with Crippen molar-refractivity contribution in [3.63, 3.8) is 0 Å². The minimum Gasteiger partial charge on any atom is -0.469 e. The first kappa shape index (κ1) is 28.0. The molecule has 0 aromatic rings. The third-order valence-electron chi connectivity index (χ3n) is 12.9. The Labute approximate surface area is 232 Å². The lowest BCUT2D eigenvalue weighted by molar-refractivity contribution is -0.191. The van der Waals surface area contributed by atoms with Gasteiger partial charge in [-0.2, -0.15) is 0 Å². The zero-order valence-corrected chi connectivity index (χ0v) is 24.8. The predicted molar refractivity (Wildman–Crippen MR) is 147 cm³/mol. The molecule has 8 atom stereocenters. The number of hydrogen-bond donors (Lipinski definition) is 0. The summed E-state index contributed by atoms with van der Waals surface area (Å²) in [7, 11) is 1.46. The smallest absolute Gasteiger partial charge is 0.312 e. The van der Waals surface area contributed by atoms with E-state index in [-0.39, 0.29) is 51.8 Å². The molecule has 6 heteroatoms. The van der Waals surface area contributed by atoms with Crippen LogP contribution in [0.3, 0.4) is 0 Å². The lowest BCUT2D eigenvalue weighted by atomic mass is 9.34. The summed E-state index contributed by atoms with van der Waals surface area (Å²) in [5.74, 6) is -1.49. The molecular weight excluding hydrogens is 490 g/mol. The fourth-order valence-corrected chi connectivity index (χ4v) is 10.3. The van der Waals surface area contributed by atoms with E-state index in [0.29, 0.717) is 12.8 Å². The van der Waals surface area contributed by atoms with Crippen LogP contribution in [0.25, 0.3) is 4.85 Å². The maximum atomic E-state index is 14.4. The summed E-state index contributed by atoms with van der Waals surface area (Å²) in [5, 5.41) is 0. The van der Waals surface area contributed by atoms with Crippen molar-refractivity contribution in [1.82, 2.24) is 0 Å². The molecular formula is C33H43NO5. The van der Waals surface area contributed by atoms with Gasteiger partial charge in [0.15, 0.2) is 11.6 Å². The zero-order chi connectivity index (χ0) is 29.0. The van der Waals surface area contributed by atoms with Crippen LogP contribution in [0.1, 0.15) is 93.4 Å². The van der Waals surface area contributed by atoms with E-state index in [9.17, 15) is 19.2 Å². The molecule has 0 bridgehead atoms. The third-order valence-corrected chi connectivity index (χ3v) is 12.9. The van der Waals surface area contributed by atoms with Gasteiger partial charge in [0, 0.05) is 11.3 Å². The molecule has 0 N–H and O–H groups in total. The highest BCUT2D eigenvalue weighted by Crippen LogP contribution is 2.74. The molecule has 3 fully saturated rings. The summed E-state index contributed by atoms with van der Waals surface area (Å²) in [6.45, 7) is 21.9.